The summed E-state index contributed by atoms with van der Waals surface area (Å²) in [7, 11) is 0. The highest BCUT2D eigenvalue weighted by Crippen LogP contribution is 2.26. The third kappa shape index (κ3) is 3.52. The van der Waals surface area contributed by atoms with Gasteiger partial charge in [0.15, 0.2) is 0 Å². The van der Waals surface area contributed by atoms with E-state index in [1.807, 2.05) is 43.8 Å². The van der Waals surface area contributed by atoms with Crippen LogP contribution in [0.25, 0.3) is 0 Å². The topological polar surface area (TPSA) is 29.1 Å². The van der Waals surface area contributed by atoms with Crippen LogP contribution in [-0.4, -0.2) is 17.4 Å². The molecular formula is C15H21NOS. The summed E-state index contributed by atoms with van der Waals surface area (Å²) in [6, 6.07) is 6.11. The second-order valence-electron chi connectivity index (χ2n) is 5.07. The highest BCUT2D eigenvalue weighted by Gasteiger charge is 2.17. The summed E-state index contributed by atoms with van der Waals surface area (Å²) in [5, 5.41) is 3.08. The quantitative estimate of drug-likeness (QED) is 0.899. The molecule has 2 nitrogen and oxygen atoms in total. The number of carbonyl (C=O) groups excluding carboxylic acids is 1. The van der Waals surface area contributed by atoms with E-state index in [1.54, 1.807) is 0 Å². The monoisotopic (exact) mass is 263 g/mol. The van der Waals surface area contributed by atoms with E-state index in [4.69, 9.17) is 0 Å². The first-order chi connectivity index (χ1) is 8.66. The van der Waals surface area contributed by atoms with Crippen molar-refractivity contribution in [1.29, 1.82) is 0 Å². The highest BCUT2D eigenvalue weighted by molar-refractivity contribution is 7.99. The van der Waals surface area contributed by atoms with Gasteiger partial charge in [-0.05, 0) is 55.2 Å². The first-order valence-electron chi connectivity index (χ1n) is 6.60. The van der Waals surface area contributed by atoms with Crippen LogP contribution >= 0.6 is 11.8 Å². The molecule has 1 heterocycles. The van der Waals surface area contributed by atoms with Crippen LogP contribution in [-0.2, 0) is 4.79 Å². The molecule has 0 spiro atoms. The first kappa shape index (κ1) is 13.5. The second-order valence-corrected chi connectivity index (χ2v) is 6.30. The molecule has 0 bridgehead atoms. The van der Waals surface area contributed by atoms with Crippen LogP contribution in [0.15, 0.2) is 18.2 Å². The maximum absolute atomic E-state index is 12.1. The Balaban J connectivity index is 1.94. The number of para-hydroxylation sites is 1. The molecule has 0 aromatic heterocycles. The fourth-order valence-electron chi connectivity index (χ4n) is 2.41. The van der Waals surface area contributed by atoms with E-state index in [1.165, 1.54) is 24.3 Å². The Kier molecular flexibility index (Phi) is 4.70. The molecule has 3 heteroatoms. The van der Waals surface area contributed by atoms with Gasteiger partial charge in [0.05, 0.1) is 0 Å². The Morgan fingerprint density at radius 3 is 2.50 bits per heavy atom. The molecule has 2 rings (SSSR count). The molecule has 1 saturated heterocycles. The molecule has 0 aliphatic carbocycles. The van der Waals surface area contributed by atoms with Crippen molar-refractivity contribution in [1.82, 2.24) is 0 Å². The smallest absolute Gasteiger partial charge is 0.224 e. The first-order valence-corrected chi connectivity index (χ1v) is 7.76. The van der Waals surface area contributed by atoms with E-state index in [0.29, 0.717) is 12.3 Å². The molecule has 0 atom stereocenters. The van der Waals surface area contributed by atoms with Crippen LogP contribution in [0.2, 0.25) is 0 Å². The van der Waals surface area contributed by atoms with Crippen molar-refractivity contribution in [3.05, 3.63) is 29.3 Å². The van der Waals surface area contributed by atoms with Gasteiger partial charge in [-0.3, -0.25) is 4.79 Å². The zero-order valence-corrected chi connectivity index (χ0v) is 12.0. The standard InChI is InChI=1S/C15H21NOS/c1-11-4-3-5-12(2)15(11)16-14(17)10-13-6-8-18-9-7-13/h3-5,13H,6-10H2,1-2H3,(H,16,17). The van der Waals surface area contributed by atoms with Gasteiger partial charge >= 0.3 is 0 Å². The van der Waals surface area contributed by atoms with Crippen LogP contribution < -0.4 is 5.32 Å². The van der Waals surface area contributed by atoms with Gasteiger partial charge < -0.3 is 5.32 Å². The molecule has 0 unspecified atom stereocenters. The number of aryl methyl sites for hydroxylation is 2. The molecule has 1 aliphatic rings. The van der Waals surface area contributed by atoms with Crippen molar-refractivity contribution < 1.29 is 4.79 Å². The molecule has 1 aromatic carbocycles. The molecule has 0 saturated carbocycles. The number of anilines is 1. The van der Waals surface area contributed by atoms with Crippen molar-refractivity contribution >= 4 is 23.4 Å². The van der Waals surface area contributed by atoms with Crippen molar-refractivity contribution in [2.75, 3.05) is 16.8 Å². The maximum Gasteiger partial charge on any atom is 0.224 e. The van der Waals surface area contributed by atoms with E-state index >= 15 is 0 Å². The Hall–Kier alpha value is -0.960. The van der Waals surface area contributed by atoms with Gasteiger partial charge in [-0.1, -0.05) is 18.2 Å². The summed E-state index contributed by atoms with van der Waals surface area (Å²) >= 11 is 2.00. The summed E-state index contributed by atoms with van der Waals surface area (Å²) in [5.41, 5.74) is 3.28. The summed E-state index contributed by atoms with van der Waals surface area (Å²) in [4.78, 5) is 12.1. The van der Waals surface area contributed by atoms with Crippen molar-refractivity contribution in [2.45, 2.75) is 33.1 Å². The molecule has 1 aromatic rings. The number of carbonyl (C=O) groups is 1. The molecular weight excluding hydrogens is 242 g/mol. The van der Waals surface area contributed by atoms with Gasteiger partial charge in [0.1, 0.15) is 0 Å². The summed E-state index contributed by atoms with van der Waals surface area (Å²) in [5.74, 6) is 3.17. The van der Waals surface area contributed by atoms with Crippen molar-refractivity contribution in [3.8, 4) is 0 Å². The zero-order chi connectivity index (χ0) is 13.0. The van der Waals surface area contributed by atoms with Crippen LogP contribution in [0.3, 0.4) is 0 Å². The zero-order valence-electron chi connectivity index (χ0n) is 11.2. The van der Waals surface area contributed by atoms with Gasteiger partial charge in [-0.2, -0.15) is 11.8 Å². The van der Waals surface area contributed by atoms with Gasteiger partial charge in [0.25, 0.3) is 0 Å². The Labute approximate surface area is 114 Å². The molecule has 98 valence electrons. The lowest BCUT2D eigenvalue weighted by Gasteiger charge is -2.21. The summed E-state index contributed by atoms with van der Waals surface area (Å²) in [6.45, 7) is 4.08. The average molecular weight is 263 g/mol. The lowest BCUT2D eigenvalue weighted by atomic mass is 9.98. The molecule has 1 fully saturated rings. The highest BCUT2D eigenvalue weighted by atomic mass is 32.2. The Morgan fingerprint density at radius 2 is 1.89 bits per heavy atom. The van der Waals surface area contributed by atoms with Gasteiger partial charge in [0, 0.05) is 12.1 Å². The van der Waals surface area contributed by atoms with Crippen LogP contribution in [0.1, 0.15) is 30.4 Å². The predicted molar refractivity (Wildman–Crippen MR) is 79.2 cm³/mol. The molecule has 1 amide bonds. The van der Waals surface area contributed by atoms with E-state index in [0.717, 1.165) is 16.8 Å². The molecule has 1 aliphatic heterocycles. The van der Waals surface area contributed by atoms with E-state index < -0.39 is 0 Å². The average Bonchev–Trinajstić information content (AvgIpc) is 2.35. The lowest BCUT2D eigenvalue weighted by Crippen LogP contribution is -2.20. The minimum atomic E-state index is 0.171. The minimum absolute atomic E-state index is 0.171. The Morgan fingerprint density at radius 1 is 1.28 bits per heavy atom. The van der Waals surface area contributed by atoms with Crippen LogP contribution in [0.4, 0.5) is 5.69 Å². The molecule has 1 N–H and O–H groups in total. The number of amides is 1. The number of hydrogen-bond donors (Lipinski definition) is 1. The van der Waals surface area contributed by atoms with E-state index in [-0.39, 0.29) is 5.91 Å². The fraction of sp³-hybridized carbons (Fsp3) is 0.533. The predicted octanol–water partition coefficient (Wildman–Crippen LogP) is 3.78. The normalized spacial score (nSPS) is 16.6. The number of rotatable bonds is 3. The fourth-order valence-corrected chi connectivity index (χ4v) is 3.62. The van der Waals surface area contributed by atoms with Gasteiger partial charge in [-0.25, -0.2) is 0 Å². The molecule has 18 heavy (non-hydrogen) atoms. The minimum Gasteiger partial charge on any atom is -0.326 e. The van der Waals surface area contributed by atoms with Crippen molar-refractivity contribution in [2.24, 2.45) is 5.92 Å². The van der Waals surface area contributed by atoms with E-state index in [2.05, 4.69) is 5.32 Å². The summed E-state index contributed by atoms with van der Waals surface area (Å²) < 4.78 is 0. The van der Waals surface area contributed by atoms with Crippen LogP contribution in [0.5, 0.6) is 0 Å². The largest absolute Gasteiger partial charge is 0.326 e. The van der Waals surface area contributed by atoms with E-state index in [9.17, 15) is 4.79 Å². The SMILES string of the molecule is Cc1cccc(C)c1NC(=O)CC1CCSCC1. The number of nitrogens with one attached hydrogen (secondary N) is 1. The van der Waals surface area contributed by atoms with Crippen LogP contribution in [0, 0.1) is 19.8 Å². The van der Waals surface area contributed by atoms with Gasteiger partial charge in [-0.15, -0.1) is 0 Å². The number of hydrogen-bond acceptors (Lipinski definition) is 2. The third-order valence-corrected chi connectivity index (χ3v) is 4.61. The van der Waals surface area contributed by atoms with Gasteiger partial charge in [0.2, 0.25) is 5.91 Å². The van der Waals surface area contributed by atoms with Crippen molar-refractivity contribution in [3.63, 3.8) is 0 Å². The maximum atomic E-state index is 12.1. The number of thioether (sulfide) groups is 1. The number of benzene rings is 1. The second kappa shape index (κ2) is 6.28. The third-order valence-electron chi connectivity index (χ3n) is 3.56. The summed E-state index contributed by atoms with van der Waals surface area (Å²) in [6.07, 6.45) is 3.05. The lowest BCUT2D eigenvalue weighted by molar-refractivity contribution is -0.117. The Bertz CT molecular complexity index is 404. The molecule has 0 radical (unpaired) electrons.